The lowest BCUT2D eigenvalue weighted by atomic mass is 9.92. The van der Waals surface area contributed by atoms with Gasteiger partial charge < -0.3 is 19.9 Å². The van der Waals surface area contributed by atoms with Crippen molar-refractivity contribution in [2.75, 3.05) is 20.6 Å². The van der Waals surface area contributed by atoms with Crippen LogP contribution in [-0.4, -0.2) is 52.1 Å². The lowest BCUT2D eigenvalue weighted by molar-refractivity contribution is -0.139. The highest BCUT2D eigenvalue weighted by Gasteiger charge is 2.36. The largest absolute Gasteiger partial charge is 0.481 e. The standard InChI is InChI=1S/C34H39F3N4O4/c1-8-27-25(32-21(4)10-9-11-22(32)5)15-24(18-38-27)28(17-31(43)44)39-33(45)29(14-20(2)3)41-19-23(12-13-40(6)7)26(16-30(41)42)34(35,36)37/h1,9-11,15-16,18-20,28-29H,12-14,17H2,2-7H3,(H,39,45)(H,43,44)/t28-,29-/m0/s1. The van der Waals surface area contributed by atoms with Gasteiger partial charge in [-0.1, -0.05) is 32.0 Å². The number of hydrogen-bond donors (Lipinski definition) is 2. The first-order chi connectivity index (χ1) is 21.0. The van der Waals surface area contributed by atoms with Crippen LogP contribution in [0.25, 0.3) is 11.1 Å². The Hall–Kier alpha value is -4.43. The fraction of sp³-hybridized carbons (Fsp3) is 0.412. The van der Waals surface area contributed by atoms with Crippen LogP contribution in [0.5, 0.6) is 0 Å². The van der Waals surface area contributed by atoms with E-state index in [1.165, 1.54) is 6.20 Å². The number of rotatable bonds is 12. The molecule has 0 saturated heterocycles. The smallest absolute Gasteiger partial charge is 0.416 e. The fourth-order valence-corrected chi connectivity index (χ4v) is 5.35. The molecule has 3 rings (SSSR count). The normalized spacial score (nSPS) is 13.0. The van der Waals surface area contributed by atoms with Gasteiger partial charge in [0.05, 0.1) is 18.0 Å². The van der Waals surface area contributed by atoms with Crippen LogP contribution in [-0.2, 0) is 22.2 Å². The average molecular weight is 625 g/mol. The zero-order chi connectivity index (χ0) is 33.6. The maximum atomic E-state index is 13.9. The summed E-state index contributed by atoms with van der Waals surface area (Å²) < 4.78 is 42.7. The minimum absolute atomic E-state index is 0.00588. The zero-order valence-corrected chi connectivity index (χ0v) is 26.3. The van der Waals surface area contributed by atoms with E-state index in [1.807, 2.05) is 45.9 Å². The Kier molecular flexibility index (Phi) is 11.3. The molecule has 0 unspecified atom stereocenters. The summed E-state index contributed by atoms with van der Waals surface area (Å²) in [7, 11) is 3.44. The number of alkyl halides is 3. The van der Waals surface area contributed by atoms with Crippen LogP contribution >= 0.6 is 0 Å². The van der Waals surface area contributed by atoms with Crippen molar-refractivity contribution in [1.82, 2.24) is 19.8 Å². The van der Waals surface area contributed by atoms with Crippen LogP contribution in [0.2, 0.25) is 0 Å². The van der Waals surface area contributed by atoms with Crippen molar-refractivity contribution < 1.29 is 27.9 Å². The molecule has 2 atom stereocenters. The van der Waals surface area contributed by atoms with Crippen LogP contribution < -0.4 is 10.9 Å². The third kappa shape index (κ3) is 8.82. The van der Waals surface area contributed by atoms with E-state index in [9.17, 15) is 32.7 Å². The molecule has 0 aliphatic rings. The Labute approximate surface area is 261 Å². The summed E-state index contributed by atoms with van der Waals surface area (Å²) >= 11 is 0. The van der Waals surface area contributed by atoms with Gasteiger partial charge in [0.1, 0.15) is 11.7 Å². The number of nitrogens with zero attached hydrogens (tertiary/aromatic N) is 3. The van der Waals surface area contributed by atoms with Crippen LogP contribution in [0.15, 0.2) is 47.5 Å². The molecular formula is C34H39F3N4O4. The summed E-state index contributed by atoms with van der Waals surface area (Å²) in [5, 5.41) is 12.5. The van der Waals surface area contributed by atoms with Crippen molar-refractivity contribution in [3.8, 4) is 23.5 Å². The Morgan fingerprint density at radius 2 is 1.80 bits per heavy atom. The molecule has 1 amide bonds. The second kappa shape index (κ2) is 14.6. The molecule has 45 heavy (non-hydrogen) atoms. The van der Waals surface area contributed by atoms with E-state index in [0.29, 0.717) is 22.9 Å². The minimum Gasteiger partial charge on any atom is -0.481 e. The van der Waals surface area contributed by atoms with E-state index in [2.05, 4.69) is 16.2 Å². The summed E-state index contributed by atoms with van der Waals surface area (Å²) in [4.78, 5) is 45.1. The highest BCUT2D eigenvalue weighted by atomic mass is 19.4. The first-order valence-electron chi connectivity index (χ1n) is 14.6. The minimum atomic E-state index is -4.76. The predicted molar refractivity (Wildman–Crippen MR) is 167 cm³/mol. The maximum absolute atomic E-state index is 13.9. The number of pyridine rings is 2. The quantitative estimate of drug-likeness (QED) is 0.256. The number of carboxylic acid groups (broad SMARTS) is 1. The Morgan fingerprint density at radius 1 is 1.16 bits per heavy atom. The van der Waals surface area contributed by atoms with E-state index in [0.717, 1.165) is 27.5 Å². The molecule has 2 aromatic heterocycles. The van der Waals surface area contributed by atoms with Crippen molar-refractivity contribution in [1.29, 1.82) is 0 Å². The van der Waals surface area contributed by atoms with Gasteiger partial charge in [-0.15, -0.1) is 6.42 Å². The predicted octanol–water partition coefficient (Wildman–Crippen LogP) is 5.55. The summed E-state index contributed by atoms with van der Waals surface area (Å²) in [5.41, 5.74) is 1.85. The molecule has 8 nitrogen and oxygen atoms in total. The van der Waals surface area contributed by atoms with E-state index in [4.69, 9.17) is 6.42 Å². The van der Waals surface area contributed by atoms with Gasteiger partial charge in [-0.25, -0.2) is 4.98 Å². The van der Waals surface area contributed by atoms with Gasteiger partial charge in [0, 0.05) is 30.6 Å². The van der Waals surface area contributed by atoms with Crippen LogP contribution in [0.3, 0.4) is 0 Å². The molecule has 2 heterocycles. The second-order valence-corrected chi connectivity index (χ2v) is 11.9. The summed E-state index contributed by atoms with van der Waals surface area (Å²) in [6.45, 7) is 7.74. The number of carbonyl (C=O) groups excluding carboxylic acids is 1. The first-order valence-corrected chi connectivity index (χ1v) is 14.6. The summed E-state index contributed by atoms with van der Waals surface area (Å²) in [6.07, 6.45) is 3.10. The second-order valence-electron chi connectivity index (χ2n) is 11.9. The Balaban J connectivity index is 2.12. The Morgan fingerprint density at radius 3 is 2.33 bits per heavy atom. The first kappa shape index (κ1) is 35.1. The van der Waals surface area contributed by atoms with E-state index in [1.54, 1.807) is 25.1 Å². The van der Waals surface area contributed by atoms with Crippen LogP contribution in [0.4, 0.5) is 13.2 Å². The molecule has 0 fully saturated rings. The number of nitrogens with one attached hydrogen (secondary N) is 1. The molecular weight excluding hydrogens is 585 g/mol. The SMILES string of the molecule is C#Cc1ncc([C@H](CC(=O)O)NC(=O)[C@H](CC(C)C)n2cc(CCN(C)C)c(C(F)(F)F)cc2=O)cc1-c1c(C)cccc1C. The van der Waals surface area contributed by atoms with Crippen molar-refractivity contribution in [3.05, 3.63) is 86.6 Å². The molecule has 1 aromatic carbocycles. The zero-order valence-electron chi connectivity index (χ0n) is 26.3. The number of halogens is 3. The molecule has 0 spiro atoms. The third-order valence-electron chi connectivity index (χ3n) is 7.52. The van der Waals surface area contributed by atoms with Gasteiger partial charge in [-0.3, -0.25) is 14.4 Å². The van der Waals surface area contributed by atoms with E-state index in [-0.39, 0.29) is 30.9 Å². The lowest BCUT2D eigenvalue weighted by Crippen LogP contribution is -2.40. The number of terminal acetylenes is 1. The van der Waals surface area contributed by atoms with Crippen LogP contribution in [0, 0.1) is 32.1 Å². The number of benzene rings is 1. The van der Waals surface area contributed by atoms with Crippen molar-refractivity contribution in [2.45, 2.75) is 65.2 Å². The number of aryl methyl sites for hydroxylation is 2. The van der Waals surface area contributed by atoms with Gasteiger partial charge in [0.15, 0.2) is 0 Å². The van der Waals surface area contributed by atoms with Crippen LogP contribution in [0.1, 0.15) is 72.3 Å². The molecule has 2 N–H and O–H groups in total. The van der Waals surface area contributed by atoms with Gasteiger partial charge in [-0.05, 0) is 86.5 Å². The molecule has 11 heteroatoms. The Bertz CT molecular complexity index is 1630. The number of likely N-dealkylation sites (N-methyl/N-ethyl adjacent to an activating group) is 1. The van der Waals surface area contributed by atoms with Gasteiger partial charge in [0.25, 0.3) is 5.56 Å². The van der Waals surface area contributed by atoms with Gasteiger partial charge in [-0.2, -0.15) is 13.2 Å². The third-order valence-corrected chi connectivity index (χ3v) is 7.52. The number of carboxylic acids is 1. The molecule has 0 bridgehead atoms. The maximum Gasteiger partial charge on any atom is 0.416 e. The molecule has 3 aromatic rings. The number of aromatic nitrogens is 2. The molecule has 0 radical (unpaired) electrons. The van der Waals surface area contributed by atoms with E-state index < -0.39 is 47.7 Å². The van der Waals surface area contributed by atoms with Crippen molar-refractivity contribution in [3.63, 3.8) is 0 Å². The van der Waals surface area contributed by atoms with Gasteiger partial charge in [0.2, 0.25) is 5.91 Å². The number of aliphatic carboxylic acids is 1. The number of amides is 1. The molecule has 0 saturated carbocycles. The number of carbonyl (C=O) groups is 2. The molecule has 240 valence electrons. The molecule has 0 aliphatic carbocycles. The monoisotopic (exact) mass is 624 g/mol. The van der Waals surface area contributed by atoms with Gasteiger partial charge >= 0.3 is 12.1 Å². The van der Waals surface area contributed by atoms with Crippen molar-refractivity contribution >= 4 is 11.9 Å². The lowest BCUT2D eigenvalue weighted by Gasteiger charge is -2.26. The fourth-order valence-electron chi connectivity index (χ4n) is 5.35. The highest BCUT2D eigenvalue weighted by molar-refractivity contribution is 5.82. The highest BCUT2D eigenvalue weighted by Crippen LogP contribution is 2.34. The average Bonchev–Trinajstić information content (AvgIpc) is 2.93. The molecule has 0 aliphatic heterocycles. The van der Waals surface area contributed by atoms with Crippen molar-refractivity contribution in [2.24, 2.45) is 5.92 Å². The summed E-state index contributed by atoms with van der Waals surface area (Å²) in [6, 6.07) is 5.67. The summed E-state index contributed by atoms with van der Waals surface area (Å²) in [5.74, 6) is 0.527. The number of hydrogen-bond acceptors (Lipinski definition) is 5. The van der Waals surface area contributed by atoms with E-state index >= 15 is 0 Å². The topological polar surface area (TPSA) is 105 Å².